The molecular weight excluding hydrogens is 650 g/mol. The number of nitrogens with one attached hydrogen (secondary N) is 3. The van der Waals surface area contributed by atoms with Crippen molar-refractivity contribution in [3.8, 4) is 23.0 Å². The fourth-order valence-electron chi connectivity index (χ4n) is 7.53. The van der Waals surface area contributed by atoms with Crippen LogP contribution < -0.4 is 31.2 Å². The van der Waals surface area contributed by atoms with Gasteiger partial charge in [-0.05, 0) is 119 Å². The fourth-order valence-corrected chi connectivity index (χ4v) is 7.53. The van der Waals surface area contributed by atoms with Gasteiger partial charge in [0.2, 0.25) is 0 Å². The molecule has 0 unspecified atom stereocenters. The van der Waals surface area contributed by atoms with Crippen molar-refractivity contribution in [1.29, 1.82) is 0 Å². The summed E-state index contributed by atoms with van der Waals surface area (Å²) in [7, 11) is 5.00. The number of aromatic hydroxyl groups is 2. The van der Waals surface area contributed by atoms with Crippen LogP contribution in [-0.4, -0.2) is 86.4 Å². The maximum atomic E-state index is 13.7. The number of phenols is 2. The second-order valence-electron chi connectivity index (χ2n) is 14.3. The summed E-state index contributed by atoms with van der Waals surface area (Å²) in [5.74, 6) is 1.54. The molecule has 12 nitrogen and oxygen atoms in total. The lowest BCUT2D eigenvalue weighted by Crippen LogP contribution is -2.42. The topological polar surface area (TPSA) is 180 Å². The van der Waals surface area contributed by atoms with Gasteiger partial charge in [-0.3, -0.25) is 15.1 Å². The predicted molar refractivity (Wildman–Crippen MR) is 201 cm³/mol. The Bertz CT molecular complexity index is 1490. The number of allylic oxidation sites excluding steroid dienone is 2. The van der Waals surface area contributed by atoms with Gasteiger partial charge in [-0.15, -0.1) is 0 Å². The number of hydrogen-bond acceptors (Lipinski definition) is 10. The van der Waals surface area contributed by atoms with Crippen molar-refractivity contribution < 1.29 is 34.3 Å². The number of aliphatic hydroxyl groups excluding tert-OH is 1. The summed E-state index contributed by atoms with van der Waals surface area (Å²) in [5, 5.41) is 40.2. The third-order valence-corrected chi connectivity index (χ3v) is 10.2. The third-order valence-electron chi connectivity index (χ3n) is 10.2. The second-order valence-corrected chi connectivity index (χ2v) is 14.3. The molecule has 12 heteroatoms. The largest absolute Gasteiger partial charge is 0.504 e. The van der Waals surface area contributed by atoms with Crippen molar-refractivity contribution in [3.63, 3.8) is 0 Å². The van der Waals surface area contributed by atoms with E-state index in [1.165, 1.54) is 7.11 Å². The maximum Gasteiger partial charge on any atom is 0.192 e. The highest BCUT2D eigenvalue weighted by Crippen LogP contribution is 2.45. The molecule has 0 radical (unpaired) electrons. The van der Waals surface area contributed by atoms with Crippen LogP contribution in [0, 0.1) is 11.3 Å². The summed E-state index contributed by atoms with van der Waals surface area (Å²) in [4.78, 5) is 17.7. The van der Waals surface area contributed by atoms with Gasteiger partial charge in [-0.2, -0.15) is 0 Å². The Morgan fingerprint density at radius 2 is 1.90 bits per heavy atom. The first-order chi connectivity index (χ1) is 24.5. The molecule has 282 valence electrons. The lowest BCUT2D eigenvalue weighted by Gasteiger charge is -2.31. The number of nitrogens with zero attached hydrogens (tertiary/aromatic N) is 1. The monoisotopic (exact) mass is 709 g/mol. The van der Waals surface area contributed by atoms with E-state index in [4.69, 9.17) is 19.9 Å². The summed E-state index contributed by atoms with van der Waals surface area (Å²) < 4.78 is 17.8. The second kappa shape index (κ2) is 19.1. The van der Waals surface area contributed by atoms with E-state index in [0.29, 0.717) is 68.8 Å². The van der Waals surface area contributed by atoms with Crippen LogP contribution in [0.4, 0.5) is 5.69 Å². The first-order valence-corrected chi connectivity index (χ1v) is 18.2. The van der Waals surface area contributed by atoms with E-state index >= 15 is 0 Å². The molecule has 4 rings (SSSR count). The standard InChI is InChI=1S/C39H59N5O7/c1-27(45)24-43-26-50-18-14-28-13-17-39(23-28,25-41-2)51-34-20-29(19-31(36(34)48)44-37(40)42-3)9-5-6-10-35(47)38(15-7-8-16-38)22-30-11-12-32(46)33(21-30)49-4/h6,10-12,19-21,27-28,41,43,45-46,48H,5,7-9,13-18,22-26H2,1-4H3,(H3,40,42,44)/b10-6+/t27-,28-,39+/m0/s1. The van der Waals surface area contributed by atoms with E-state index in [0.717, 1.165) is 62.5 Å². The van der Waals surface area contributed by atoms with Crippen molar-refractivity contribution in [3.05, 3.63) is 53.6 Å². The summed E-state index contributed by atoms with van der Waals surface area (Å²) in [6.07, 6.45) is 12.3. The molecule has 51 heavy (non-hydrogen) atoms. The average Bonchev–Trinajstić information content (AvgIpc) is 3.75. The van der Waals surface area contributed by atoms with Gasteiger partial charge < -0.3 is 45.9 Å². The first-order valence-electron chi connectivity index (χ1n) is 18.2. The number of anilines is 1. The summed E-state index contributed by atoms with van der Waals surface area (Å²) >= 11 is 0. The van der Waals surface area contributed by atoms with Crippen molar-refractivity contribution in [2.75, 3.05) is 52.9 Å². The number of aliphatic imine (C=N–C) groups is 1. The number of nitrogens with two attached hydrogens (primary N) is 1. The Labute approximate surface area is 302 Å². The Hall–Kier alpha value is -3.84. The summed E-state index contributed by atoms with van der Waals surface area (Å²) in [6, 6.07) is 9.03. The van der Waals surface area contributed by atoms with Gasteiger partial charge in [-0.1, -0.05) is 25.0 Å². The van der Waals surface area contributed by atoms with Crippen LogP contribution in [0.5, 0.6) is 23.0 Å². The lowest BCUT2D eigenvalue weighted by molar-refractivity contribution is -0.123. The van der Waals surface area contributed by atoms with Crippen LogP contribution in [0.1, 0.15) is 75.8 Å². The minimum Gasteiger partial charge on any atom is -0.504 e. The molecule has 2 fully saturated rings. The minimum atomic E-state index is -0.509. The van der Waals surface area contributed by atoms with Crippen LogP contribution in [-0.2, 0) is 22.4 Å². The number of benzene rings is 2. The molecule has 2 aliphatic carbocycles. The van der Waals surface area contributed by atoms with E-state index in [1.807, 2.05) is 37.4 Å². The van der Waals surface area contributed by atoms with Gasteiger partial charge >= 0.3 is 0 Å². The predicted octanol–water partition coefficient (Wildman–Crippen LogP) is 4.80. The zero-order valence-electron chi connectivity index (χ0n) is 30.8. The molecule has 0 aliphatic heterocycles. The molecule has 2 saturated carbocycles. The number of likely N-dealkylation sites (N-methyl/N-ethyl adjacent to an activating group) is 1. The number of ketones is 1. The van der Waals surface area contributed by atoms with E-state index in [1.54, 1.807) is 26.1 Å². The number of ether oxygens (including phenoxy) is 3. The van der Waals surface area contributed by atoms with Crippen molar-refractivity contribution in [2.45, 2.75) is 89.3 Å². The van der Waals surface area contributed by atoms with E-state index in [2.05, 4.69) is 20.9 Å². The molecule has 2 aromatic rings. The van der Waals surface area contributed by atoms with Crippen molar-refractivity contribution in [2.24, 2.45) is 22.1 Å². The molecule has 0 spiro atoms. The highest BCUT2D eigenvalue weighted by molar-refractivity contribution is 5.95. The molecule has 8 N–H and O–H groups in total. The third kappa shape index (κ3) is 11.3. The average molecular weight is 710 g/mol. The van der Waals surface area contributed by atoms with Crippen LogP contribution >= 0.6 is 0 Å². The SMILES string of the molecule is CN=C(N)Nc1cc(CC/C=C/C(=O)C2(Cc3ccc(O)c(OC)c3)CCCC2)cc(O[C@]2(CNC)CC[C@@H](CCOCNC[C@H](C)O)C2)c1O. The van der Waals surface area contributed by atoms with Crippen LogP contribution in [0.3, 0.4) is 0 Å². The first kappa shape index (κ1) is 39.9. The number of carbonyl (C=O) groups excluding carboxylic acids is 1. The van der Waals surface area contributed by atoms with Crippen molar-refractivity contribution >= 4 is 17.4 Å². The quantitative estimate of drug-likeness (QED) is 0.0251. The number of methoxy groups -OCH3 is 1. The Morgan fingerprint density at radius 3 is 2.61 bits per heavy atom. The van der Waals surface area contributed by atoms with Gasteiger partial charge in [-0.25, -0.2) is 0 Å². The number of guanidine groups is 1. The lowest BCUT2D eigenvalue weighted by atomic mass is 9.76. The maximum absolute atomic E-state index is 13.7. The van der Waals surface area contributed by atoms with E-state index in [-0.39, 0.29) is 23.2 Å². The Balaban J connectivity index is 1.44. The normalized spacial score (nSPS) is 20.9. The zero-order valence-corrected chi connectivity index (χ0v) is 30.8. The zero-order chi connectivity index (χ0) is 36.9. The molecule has 2 aromatic carbocycles. The smallest absolute Gasteiger partial charge is 0.192 e. The minimum absolute atomic E-state index is 0.0310. The van der Waals surface area contributed by atoms with Crippen LogP contribution in [0.2, 0.25) is 0 Å². The number of carbonyl (C=O) groups is 1. The Morgan fingerprint density at radius 1 is 1.14 bits per heavy atom. The van der Waals surface area contributed by atoms with Gasteiger partial charge in [0.1, 0.15) is 5.60 Å². The van der Waals surface area contributed by atoms with Crippen LogP contribution in [0.25, 0.3) is 0 Å². The van der Waals surface area contributed by atoms with Gasteiger partial charge in [0, 0.05) is 32.2 Å². The van der Waals surface area contributed by atoms with Gasteiger partial charge in [0.25, 0.3) is 0 Å². The fraction of sp³-hybridized carbons (Fsp3) is 0.590. The number of aryl methyl sites for hydroxylation is 1. The molecule has 0 heterocycles. The molecule has 0 aromatic heterocycles. The van der Waals surface area contributed by atoms with Crippen molar-refractivity contribution in [1.82, 2.24) is 10.6 Å². The molecule has 0 amide bonds. The number of aliphatic hydroxyl groups is 1. The number of hydrogen-bond donors (Lipinski definition) is 7. The number of rotatable bonds is 20. The molecule has 3 atom stereocenters. The van der Waals surface area contributed by atoms with Gasteiger partial charge in [0.05, 0.1) is 25.6 Å². The Kier molecular flexibility index (Phi) is 15.0. The highest BCUT2D eigenvalue weighted by atomic mass is 16.5. The highest BCUT2D eigenvalue weighted by Gasteiger charge is 2.42. The summed E-state index contributed by atoms with van der Waals surface area (Å²) in [6.45, 7) is 3.86. The number of phenolic OH excluding ortho intramolecular Hbond substituents is 2. The van der Waals surface area contributed by atoms with E-state index < -0.39 is 17.1 Å². The van der Waals surface area contributed by atoms with Gasteiger partial charge in [0.15, 0.2) is 34.7 Å². The summed E-state index contributed by atoms with van der Waals surface area (Å²) in [5.41, 5.74) is 7.34. The van der Waals surface area contributed by atoms with Crippen LogP contribution in [0.15, 0.2) is 47.5 Å². The van der Waals surface area contributed by atoms with E-state index in [9.17, 15) is 20.1 Å². The molecular formula is C39H59N5O7. The molecule has 0 bridgehead atoms. The molecule has 2 aliphatic rings. The molecule has 0 saturated heterocycles.